The molecule has 0 amide bonds. The predicted octanol–water partition coefficient (Wildman–Crippen LogP) is 5.92. The van der Waals surface area contributed by atoms with Crippen molar-refractivity contribution < 1.29 is 19.2 Å². The third-order valence-corrected chi connectivity index (χ3v) is 8.20. The first-order chi connectivity index (χ1) is 16.9. The zero-order valence-electron chi connectivity index (χ0n) is 19.1. The van der Waals surface area contributed by atoms with Crippen LogP contribution < -0.4 is 10.1 Å². The number of carbonyl (C=O) groups is 1. The summed E-state index contributed by atoms with van der Waals surface area (Å²) in [4.78, 5) is 23.7. The van der Waals surface area contributed by atoms with Crippen LogP contribution in [0.1, 0.15) is 42.9 Å². The number of H-pyrrole nitrogens is 1. The summed E-state index contributed by atoms with van der Waals surface area (Å²) in [5.74, 6) is 6.68. The highest BCUT2D eigenvalue weighted by atomic mass is 32.2. The zero-order chi connectivity index (χ0) is 24.4. The summed E-state index contributed by atoms with van der Waals surface area (Å²) in [7, 11) is 0.117. The number of ether oxygens (including phenoxy) is 2. The number of anilines is 2. The third-order valence-electron chi connectivity index (χ3n) is 6.49. The second kappa shape index (κ2) is 9.91. The quantitative estimate of drug-likeness (QED) is 0.143. The molecular weight excluding hydrogens is 468 g/mol. The molecule has 1 aliphatic heterocycles. The molecule has 0 spiro atoms. The van der Waals surface area contributed by atoms with E-state index in [-0.39, 0.29) is 28.0 Å². The number of aromatic nitrogens is 2. The van der Waals surface area contributed by atoms with Crippen LogP contribution in [0.5, 0.6) is 5.75 Å². The van der Waals surface area contributed by atoms with Crippen molar-refractivity contribution in [3.63, 3.8) is 0 Å². The smallest absolute Gasteiger partial charge is 0.431 e. The predicted molar refractivity (Wildman–Crippen MR) is 135 cm³/mol. The number of carbonyl (C=O) groups excluding carboxylic acids is 1. The Morgan fingerprint density at radius 2 is 1.91 bits per heavy atom. The highest BCUT2D eigenvalue weighted by Gasteiger charge is 2.27. The zero-order valence-corrected chi connectivity index (χ0v) is 19.9. The van der Waals surface area contributed by atoms with E-state index in [1.54, 1.807) is 0 Å². The van der Waals surface area contributed by atoms with Crippen molar-refractivity contribution in [2.24, 2.45) is 0 Å². The van der Waals surface area contributed by atoms with Crippen molar-refractivity contribution in [1.29, 1.82) is 0 Å². The second-order valence-corrected chi connectivity index (χ2v) is 10.6. The van der Waals surface area contributed by atoms with Crippen LogP contribution in [0.25, 0.3) is 0 Å². The minimum atomic E-state index is -0.796. The van der Waals surface area contributed by atoms with Gasteiger partial charge in [-0.3, -0.25) is 15.2 Å². The number of nitrogens with zero attached hydrogens (tertiary/aromatic N) is 2. The molecule has 0 bridgehead atoms. The van der Waals surface area contributed by atoms with Crippen molar-refractivity contribution in [2.75, 3.05) is 11.1 Å². The fourth-order valence-electron chi connectivity index (χ4n) is 4.62. The van der Waals surface area contributed by atoms with Gasteiger partial charge < -0.3 is 14.8 Å². The van der Waals surface area contributed by atoms with Gasteiger partial charge in [0.1, 0.15) is 11.9 Å². The lowest BCUT2D eigenvalue weighted by Gasteiger charge is -2.27. The Kier molecular flexibility index (Phi) is 6.54. The summed E-state index contributed by atoms with van der Waals surface area (Å²) in [6.07, 6.45) is 3.23. The summed E-state index contributed by atoms with van der Waals surface area (Å²) in [5.41, 5.74) is 3.40. The number of benzene rings is 2. The van der Waals surface area contributed by atoms with Crippen LogP contribution in [0.4, 0.5) is 22.0 Å². The molecule has 2 N–H and O–H groups in total. The largest absolute Gasteiger partial charge is 0.514 e. The molecule has 5 rings (SSSR count). The number of fused-ring (bicyclic) bond motifs is 1. The fourth-order valence-corrected chi connectivity index (χ4v) is 6.10. The molecule has 1 unspecified atom stereocenters. The van der Waals surface area contributed by atoms with Crippen LogP contribution in [0, 0.1) is 10.1 Å². The number of nitro groups is 1. The van der Waals surface area contributed by atoms with Gasteiger partial charge in [0.2, 0.25) is 0 Å². The van der Waals surface area contributed by atoms with E-state index >= 15 is 0 Å². The summed E-state index contributed by atoms with van der Waals surface area (Å²) in [6.45, 7) is 0. The minimum absolute atomic E-state index is 0.0686. The number of hydrogen-bond donors (Lipinski definition) is 2. The lowest BCUT2D eigenvalue weighted by molar-refractivity contribution is -0.384. The molecule has 10 heteroatoms. The first-order valence-corrected chi connectivity index (χ1v) is 13.1. The van der Waals surface area contributed by atoms with E-state index in [1.807, 2.05) is 6.07 Å². The molecule has 1 aliphatic carbocycles. The number of non-ortho nitro benzene ring substituents is 1. The third kappa shape index (κ3) is 5.37. The maximum absolute atomic E-state index is 12.1. The highest BCUT2D eigenvalue weighted by Crippen LogP contribution is 2.38. The number of rotatable bonds is 6. The molecule has 1 fully saturated rings. The Bertz CT molecular complexity index is 1270. The second-order valence-electron chi connectivity index (χ2n) is 8.80. The Morgan fingerprint density at radius 3 is 2.66 bits per heavy atom. The van der Waals surface area contributed by atoms with E-state index in [1.165, 1.54) is 34.7 Å². The van der Waals surface area contributed by atoms with Crippen LogP contribution >= 0.6 is 10.5 Å². The van der Waals surface area contributed by atoms with Crippen molar-refractivity contribution in [1.82, 2.24) is 10.2 Å². The molecule has 1 saturated carbocycles. The lowest BCUT2D eigenvalue weighted by atomic mass is 9.85. The SMILES string of the molecule is C=S1CCc2cc(Nc3cc(C4CCC(OC(=O)Oc5ccc([N+](=O)[O-])cc5)CC4)[nH]n3)ccc21. The number of aromatic amines is 1. The number of aryl methyl sites for hydroxylation is 1. The van der Waals surface area contributed by atoms with Crippen LogP contribution in [0.2, 0.25) is 0 Å². The molecule has 182 valence electrons. The standard InChI is InChI=1S/C25H26N4O5S/c1-35-13-12-17-14-18(4-11-23(17)35)26-24-15-22(27-28-24)16-2-7-20(8-3-16)33-25(30)34-21-9-5-19(6-10-21)29(31)32/h4-6,9-11,14-16,20H,1-3,7-8,12-13H2,(H2,26,27,28). The average molecular weight is 495 g/mol. The monoisotopic (exact) mass is 494 g/mol. The molecule has 2 aliphatic rings. The van der Waals surface area contributed by atoms with Gasteiger partial charge in [-0.1, -0.05) is 5.87 Å². The number of nitro benzene ring substituents is 1. The van der Waals surface area contributed by atoms with Gasteiger partial charge in [-0.25, -0.2) is 4.79 Å². The maximum Gasteiger partial charge on any atom is 0.514 e. The summed E-state index contributed by atoms with van der Waals surface area (Å²) in [5, 5.41) is 21.7. The minimum Gasteiger partial charge on any atom is -0.431 e. The lowest BCUT2D eigenvalue weighted by Crippen LogP contribution is -2.25. The van der Waals surface area contributed by atoms with Crippen molar-refractivity contribution >= 4 is 39.7 Å². The van der Waals surface area contributed by atoms with Crippen molar-refractivity contribution in [3.8, 4) is 5.75 Å². The topological polar surface area (TPSA) is 119 Å². The Labute approximate surface area is 204 Å². The molecule has 2 aromatic carbocycles. The molecule has 2 heterocycles. The molecule has 1 aromatic heterocycles. The Morgan fingerprint density at radius 1 is 1.14 bits per heavy atom. The van der Waals surface area contributed by atoms with E-state index in [0.29, 0.717) is 5.92 Å². The Hall–Kier alpha value is -3.66. The van der Waals surface area contributed by atoms with Crippen LogP contribution in [0.3, 0.4) is 0 Å². The molecule has 0 radical (unpaired) electrons. The normalized spacial score (nSPS) is 21.2. The van der Waals surface area contributed by atoms with Gasteiger partial charge in [-0.2, -0.15) is 15.6 Å². The van der Waals surface area contributed by atoms with Crippen LogP contribution in [-0.2, 0) is 11.2 Å². The van der Waals surface area contributed by atoms with Crippen LogP contribution in [0.15, 0.2) is 53.4 Å². The van der Waals surface area contributed by atoms with E-state index in [2.05, 4.69) is 39.6 Å². The van der Waals surface area contributed by atoms with E-state index in [9.17, 15) is 14.9 Å². The average Bonchev–Trinajstić information content (AvgIpc) is 3.46. The molecule has 0 saturated heterocycles. The summed E-state index contributed by atoms with van der Waals surface area (Å²) < 4.78 is 10.6. The summed E-state index contributed by atoms with van der Waals surface area (Å²) in [6, 6.07) is 13.8. The summed E-state index contributed by atoms with van der Waals surface area (Å²) >= 11 is 0. The van der Waals surface area contributed by atoms with Gasteiger partial charge in [-0.05, 0) is 73.8 Å². The number of nitrogens with one attached hydrogen (secondary N) is 2. The molecule has 35 heavy (non-hydrogen) atoms. The fraction of sp³-hybridized carbons (Fsp3) is 0.320. The van der Waals surface area contributed by atoms with Crippen LogP contribution in [-0.4, -0.2) is 39.0 Å². The Balaban J connectivity index is 1.10. The van der Waals surface area contributed by atoms with Gasteiger partial charge in [0.15, 0.2) is 5.82 Å². The van der Waals surface area contributed by atoms with E-state index in [0.717, 1.165) is 55.1 Å². The van der Waals surface area contributed by atoms with Gasteiger partial charge in [-0.15, -0.1) is 0 Å². The molecule has 3 aromatic rings. The molecular formula is C25H26N4O5S. The van der Waals surface area contributed by atoms with E-state index < -0.39 is 11.1 Å². The van der Waals surface area contributed by atoms with Crippen molar-refractivity contribution in [2.45, 2.75) is 49.0 Å². The van der Waals surface area contributed by atoms with Crippen molar-refractivity contribution in [3.05, 3.63) is 69.9 Å². The number of hydrogen-bond acceptors (Lipinski definition) is 7. The van der Waals surface area contributed by atoms with E-state index in [4.69, 9.17) is 9.47 Å². The maximum atomic E-state index is 12.1. The van der Waals surface area contributed by atoms with Gasteiger partial charge in [0.25, 0.3) is 5.69 Å². The van der Waals surface area contributed by atoms with Gasteiger partial charge >= 0.3 is 6.16 Å². The highest BCUT2D eigenvalue weighted by molar-refractivity contribution is 8.14. The van der Waals surface area contributed by atoms with Gasteiger partial charge in [0.05, 0.1) is 4.92 Å². The first-order valence-electron chi connectivity index (χ1n) is 11.5. The molecule has 1 atom stereocenters. The first kappa shape index (κ1) is 23.1. The molecule has 9 nitrogen and oxygen atoms in total. The van der Waals surface area contributed by atoms with Gasteiger partial charge in [0, 0.05) is 40.4 Å².